The average Bonchev–Trinajstić information content (AvgIpc) is 3.68. The van der Waals surface area contributed by atoms with E-state index in [-0.39, 0.29) is 33.6 Å². The van der Waals surface area contributed by atoms with Gasteiger partial charge in [-0.3, -0.25) is 23.4 Å². The van der Waals surface area contributed by atoms with E-state index in [0.717, 1.165) is 38.0 Å². The number of hydrogen-bond donors (Lipinski definition) is 2. The summed E-state index contributed by atoms with van der Waals surface area (Å²) < 4.78 is 81.1. The van der Waals surface area contributed by atoms with Crippen LogP contribution in [0.4, 0.5) is 34.6 Å². The van der Waals surface area contributed by atoms with Crippen LogP contribution in [-0.4, -0.2) is 35.5 Å². The van der Waals surface area contributed by atoms with Gasteiger partial charge in [0.05, 0.1) is 22.7 Å². The van der Waals surface area contributed by atoms with E-state index in [4.69, 9.17) is 7.85 Å². The molecule has 40 heavy (non-hydrogen) atoms. The molecule has 0 amide bonds. The molecule has 0 unspecified atom stereocenters. The maximum absolute atomic E-state index is 14.6. The third kappa shape index (κ3) is 4.67. The lowest BCUT2D eigenvalue weighted by atomic mass is 9.96. The number of aromatic nitrogens is 3. The molecule has 16 heteroatoms. The summed E-state index contributed by atoms with van der Waals surface area (Å²) in [5.41, 5.74) is -9.05. The fourth-order valence-electron chi connectivity index (χ4n) is 4.25. The second kappa shape index (κ2) is 9.40. The van der Waals surface area contributed by atoms with Crippen molar-refractivity contribution in [1.29, 1.82) is 0 Å². The normalized spacial score (nSPS) is 13.9. The molecule has 1 saturated carbocycles. The van der Waals surface area contributed by atoms with Crippen LogP contribution in [0.2, 0.25) is 0 Å². The largest absolute Gasteiger partial charge is 0.516 e. The number of fused-ring (bicyclic) bond motifs is 1. The molecular formula is C24H18BF4N5O5S. The summed E-state index contributed by atoms with van der Waals surface area (Å²) in [6, 6.07) is 8.73. The van der Waals surface area contributed by atoms with Crippen LogP contribution in [0.25, 0.3) is 16.7 Å². The van der Waals surface area contributed by atoms with Crippen molar-refractivity contribution in [2.45, 2.75) is 24.4 Å². The summed E-state index contributed by atoms with van der Waals surface area (Å²) in [6.07, 6.45) is 0.986. The first-order valence-corrected chi connectivity index (χ1v) is 13.1. The third-order valence-corrected chi connectivity index (χ3v) is 7.40. The van der Waals surface area contributed by atoms with E-state index >= 15 is 0 Å². The van der Waals surface area contributed by atoms with Crippen molar-refractivity contribution in [2.24, 2.45) is 7.05 Å². The van der Waals surface area contributed by atoms with Gasteiger partial charge in [0.25, 0.3) is 11.1 Å². The number of aryl methyl sites for hydroxylation is 1. The summed E-state index contributed by atoms with van der Waals surface area (Å²) in [6.45, 7) is 0. The van der Waals surface area contributed by atoms with Crippen LogP contribution in [-0.2, 0) is 17.1 Å². The number of anilines is 3. The molecule has 2 radical (unpaired) electrons. The Hall–Kier alpha value is -4.34. The summed E-state index contributed by atoms with van der Waals surface area (Å²) in [5, 5.41) is 2.52. The lowest BCUT2D eigenvalue weighted by Gasteiger charge is -2.19. The second-order valence-corrected chi connectivity index (χ2v) is 10.8. The van der Waals surface area contributed by atoms with Gasteiger partial charge in [0.1, 0.15) is 24.7 Å². The van der Waals surface area contributed by atoms with Gasteiger partial charge in [-0.25, -0.2) is 13.8 Å². The van der Waals surface area contributed by atoms with Crippen molar-refractivity contribution in [3.63, 3.8) is 0 Å². The molecule has 5 rings (SSSR count). The van der Waals surface area contributed by atoms with Crippen LogP contribution in [0.5, 0.6) is 0 Å². The minimum absolute atomic E-state index is 0.123. The lowest BCUT2D eigenvalue weighted by Crippen LogP contribution is -2.41. The van der Waals surface area contributed by atoms with Gasteiger partial charge in [-0.2, -0.15) is 21.6 Å². The predicted molar refractivity (Wildman–Crippen MR) is 141 cm³/mol. The smallest absolute Gasteiger partial charge is 0.352 e. The zero-order chi connectivity index (χ0) is 29.1. The van der Waals surface area contributed by atoms with Crippen LogP contribution in [0.3, 0.4) is 0 Å². The number of alkyl halides is 3. The molecule has 4 aromatic rings. The maximum Gasteiger partial charge on any atom is 0.516 e. The van der Waals surface area contributed by atoms with Crippen LogP contribution in [0, 0.1) is 5.82 Å². The molecule has 1 fully saturated rings. The fourth-order valence-corrected chi connectivity index (χ4v) is 4.80. The molecule has 1 aliphatic carbocycles. The molecule has 0 spiro atoms. The van der Waals surface area contributed by atoms with E-state index in [9.17, 15) is 40.4 Å². The Morgan fingerprint density at radius 1 is 1.00 bits per heavy atom. The monoisotopic (exact) mass is 575 g/mol. The van der Waals surface area contributed by atoms with Crippen molar-refractivity contribution in [1.82, 2.24) is 13.7 Å². The highest BCUT2D eigenvalue weighted by molar-refractivity contribution is 7.93. The summed E-state index contributed by atoms with van der Waals surface area (Å²) in [5.74, 6) is -0.783. The van der Waals surface area contributed by atoms with Gasteiger partial charge in [-0.15, -0.1) is 0 Å². The zero-order valence-corrected chi connectivity index (χ0v) is 21.3. The first-order valence-electron chi connectivity index (χ1n) is 11.6. The highest BCUT2D eigenvalue weighted by Crippen LogP contribution is 2.34. The number of nitrogens with one attached hydrogen (secondary N) is 2. The number of rotatable bonds is 6. The van der Waals surface area contributed by atoms with Gasteiger partial charge in [0, 0.05) is 19.2 Å². The van der Waals surface area contributed by atoms with Gasteiger partial charge >= 0.3 is 21.2 Å². The molecule has 10 nitrogen and oxygen atoms in total. The molecule has 0 atom stereocenters. The number of benzene rings is 2. The van der Waals surface area contributed by atoms with E-state index in [1.807, 2.05) is 0 Å². The summed E-state index contributed by atoms with van der Waals surface area (Å²) >= 11 is 0. The average molecular weight is 575 g/mol. The number of halogens is 4. The predicted octanol–water partition coefficient (Wildman–Crippen LogP) is 2.12. The fraction of sp³-hybridized carbons (Fsp3) is 0.208. The Morgan fingerprint density at radius 3 is 2.33 bits per heavy atom. The molecular weight excluding hydrogens is 557 g/mol. The summed E-state index contributed by atoms with van der Waals surface area (Å²) in [7, 11) is 1.08. The third-order valence-electron chi connectivity index (χ3n) is 6.29. The van der Waals surface area contributed by atoms with Gasteiger partial charge in [-0.1, -0.05) is 17.6 Å². The molecule has 2 aromatic heterocycles. The minimum Gasteiger partial charge on any atom is -0.352 e. The number of pyridine rings is 1. The van der Waals surface area contributed by atoms with Crippen LogP contribution in [0.15, 0.2) is 62.9 Å². The quantitative estimate of drug-likeness (QED) is 0.268. The van der Waals surface area contributed by atoms with Gasteiger partial charge in [0.15, 0.2) is 0 Å². The standard InChI is InChI=1S/C24H18BF4N5O5S/c1-32-19(35)11-18(30-17-8-5-12(25)9-16(17)26)20-21(32)33(23(37)34(22(20)36)14-6-7-14)15-4-2-3-13(10-15)31-40(38,39)24(27,28)29/h2-5,8-11,14,30-31H,6-7H2,1H3. The highest BCUT2D eigenvalue weighted by Gasteiger charge is 2.46. The molecule has 0 bridgehead atoms. The second-order valence-electron chi connectivity index (χ2n) is 9.14. The summed E-state index contributed by atoms with van der Waals surface area (Å²) in [4.78, 5) is 40.3. The van der Waals surface area contributed by atoms with E-state index in [0.29, 0.717) is 12.8 Å². The van der Waals surface area contributed by atoms with Crippen molar-refractivity contribution >= 4 is 51.4 Å². The molecule has 2 heterocycles. The van der Waals surface area contributed by atoms with Crippen LogP contribution < -0.4 is 32.3 Å². The van der Waals surface area contributed by atoms with E-state index in [2.05, 4.69) is 5.32 Å². The Labute approximate surface area is 223 Å². The first kappa shape index (κ1) is 27.2. The van der Waals surface area contributed by atoms with Crippen molar-refractivity contribution in [2.75, 3.05) is 10.0 Å². The Balaban J connectivity index is 1.81. The van der Waals surface area contributed by atoms with Crippen LogP contribution >= 0.6 is 0 Å². The maximum atomic E-state index is 14.6. The van der Waals surface area contributed by atoms with E-state index < -0.39 is 49.9 Å². The minimum atomic E-state index is -5.79. The van der Waals surface area contributed by atoms with E-state index in [1.165, 1.54) is 36.0 Å². The lowest BCUT2D eigenvalue weighted by molar-refractivity contribution is -0.0429. The van der Waals surface area contributed by atoms with Gasteiger partial charge in [0.2, 0.25) is 0 Å². The molecule has 1 aliphatic rings. The zero-order valence-electron chi connectivity index (χ0n) is 20.5. The Bertz CT molecular complexity index is 1980. The molecule has 206 valence electrons. The number of hydrogen-bond acceptors (Lipinski definition) is 6. The van der Waals surface area contributed by atoms with Crippen molar-refractivity contribution < 1.29 is 26.0 Å². The van der Waals surface area contributed by atoms with Crippen LogP contribution in [0.1, 0.15) is 18.9 Å². The molecule has 0 saturated heterocycles. The van der Waals surface area contributed by atoms with E-state index in [1.54, 1.807) is 0 Å². The Morgan fingerprint density at radius 2 is 1.70 bits per heavy atom. The number of nitrogens with zero attached hydrogens (tertiary/aromatic N) is 3. The van der Waals surface area contributed by atoms with Crippen molar-refractivity contribution in [3.8, 4) is 5.69 Å². The van der Waals surface area contributed by atoms with Crippen molar-refractivity contribution in [3.05, 3.63) is 85.5 Å². The highest BCUT2D eigenvalue weighted by atomic mass is 32.2. The Kier molecular flexibility index (Phi) is 6.40. The molecule has 0 aliphatic heterocycles. The first-order chi connectivity index (χ1) is 18.7. The van der Waals surface area contributed by atoms with Gasteiger partial charge < -0.3 is 5.32 Å². The van der Waals surface area contributed by atoms with Gasteiger partial charge in [-0.05, 0) is 43.2 Å². The topological polar surface area (TPSA) is 124 Å². The molecule has 2 N–H and O–H groups in total. The SMILES string of the molecule is [B]c1ccc(Nc2cc(=O)n(C)c3c2c(=O)n(C2CC2)c(=O)n3-c2cccc(NS(=O)(=O)C(F)(F)F)c2)c(F)c1. The number of sulfonamides is 1. The molecule has 2 aromatic carbocycles.